The van der Waals surface area contributed by atoms with E-state index in [9.17, 15) is 4.79 Å². The van der Waals surface area contributed by atoms with E-state index in [1.165, 1.54) is 0 Å². The summed E-state index contributed by atoms with van der Waals surface area (Å²) in [7, 11) is 0. The van der Waals surface area contributed by atoms with E-state index in [0.717, 1.165) is 12.8 Å². The third-order valence-electron chi connectivity index (χ3n) is 1.28. The van der Waals surface area contributed by atoms with Crippen LogP contribution in [0.3, 0.4) is 0 Å². The summed E-state index contributed by atoms with van der Waals surface area (Å²) >= 11 is 0. The molecule has 1 unspecified atom stereocenters. The molecule has 0 aliphatic rings. The zero-order valence-corrected chi connectivity index (χ0v) is 7.17. The SMILES string of the molecule is CCCOC(=O)C(O)CCC. The van der Waals surface area contributed by atoms with Crippen molar-refractivity contribution in [3.8, 4) is 0 Å². The third-order valence-corrected chi connectivity index (χ3v) is 1.28. The molecule has 0 radical (unpaired) electrons. The molecule has 0 aromatic heterocycles. The van der Waals surface area contributed by atoms with Crippen LogP contribution in [0.5, 0.6) is 0 Å². The van der Waals surface area contributed by atoms with Crippen LogP contribution in [0, 0.1) is 0 Å². The maximum absolute atomic E-state index is 10.8. The van der Waals surface area contributed by atoms with Gasteiger partial charge in [0.1, 0.15) is 0 Å². The second-order valence-electron chi connectivity index (χ2n) is 2.47. The number of hydrogen-bond acceptors (Lipinski definition) is 3. The smallest absolute Gasteiger partial charge is 0.334 e. The summed E-state index contributed by atoms with van der Waals surface area (Å²) in [5.41, 5.74) is 0. The highest BCUT2D eigenvalue weighted by Gasteiger charge is 2.13. The Labute approximate surface area is 67.4 Å². The second-order valence-corrected chi connectivity index (χ2v) is 2.47. The average molecular weight is 160 g/mol. The molecular formula is C8H16O3. The third kappa shape index (κ3) is 4.79. The van der Waals surface area contributed by atoms with Gasteiger partial charge >= 0.3 is 5.97 Å². The molecule has 0 saturated heterocycles. The zero-order valence-electron chi connectivity index (χ0n) is 7.17. The van der Waals surface area contributed by atoms with Crippen molar-refractivity contribution in [3.63, 3.8) is 0 Å². The van der Waals surface area contributed by atoms with E-state index in [2.05, 4.69) is 0 Å². The molecule has 1 atom stereocenters. The van der Waals surface area contributed by atoms with Gasteiger partial charge in [0.15, 0.2) is 6.10 Å². The molecule has 0 rings (SSSR count). The zero-order chi connectivity index (χ0) is 8.69. The Hall–Kier alpha value is -0.570. The first-order chi connectivity index (χ1) is 5.22. The van der Waals surface area contributed by atoms with Crippen LogP contribution in [-0.2, 0) is 9.53 Å². The maximum atomic E-state index is 10.8. The Bertz CT molecular complexity index is 112. The van der Waals surface area contributed by atoms with E-state index in [1.54, 1.807) is 0 Å². The first-order valence-corrected chi connectivity index (χ1v) is 4.07. The molecule has 0 bridgehead atoms. The van der Waals surface area contributed by atoms with Crippen molar-refractivity contribution in [2.75, 3.05) is 6.61 Å². The lowest BCUT2D eigenvalue weighted by Crippen LogP contribution is -2.22. The standard InChI is InChI=1S/C8H16O3/c1-3-5-7(9)8(10)11-6-4-2/h7,9H,3-6H2,1-2H3. The molecule has 0 aliphatic heterocycles. The summed E-state index contributed by atoms with van der Waals surface area (Å²) < 4.78 is 4.72. The summed E-state index contributed by atoms with van der Waals surface area (Å²) in [5.74, 6) is -0.492. The number of carbonyl (C=O) groups excluding carboxylic acids is 1. The highest BCUT2D eigenvalue weighted by atomic mass is 16.5. The lowest BCUT2D eigenvalue weighted by molar-refractivity contribution is -0.153. The first kappa shape index (κ1) is 10.4. The Morgan fingerprint density at radius 1 is 1.45 bits per heavy atom. The minimum Gasteiger partial charge on any atom is -0.464 e. The van der Waals surface area contributed by atoms with Gasteiger partial charge in [0.25, 0.3) is 0 Å². The molecule has 11 heavy (non-hydrogen) atoms. The molecule has 0 spiro atoms. The fourth-order valence-corrected chi connectivity index (χ4v) is 0.690. The lowest BCUT2D eigenvalue weighted by atomic mass is 10.2. The summed E-state index contributed by atoms with van der Waals surface area (Å²) in [5, 5.41) is 9.07. The van der Waals surface area contributed by atoms with Gasteiger partial charge in [-0.2, -0.15) is 0 Å². The van der Waals surface area contributed by atoms with Crippen LogP contribution >= 0.6 is 0 Å². The van der Waals surface area contributed by atoms with Crippen LogP contribution in [0.1, 0.15) is 33.1 Å². The van der Waals surface area contributed by atoms with Crippen molar-refractivity contribution in [2.24, 2.45) is 0 Å². The molecule has 0 heterocycles. The van der Waals surface area contributed by atoms with Gasteiger partial charge in [-0.25, -0.2) is 4.79 Å². The Morgan fingerprint density at radius 2 is 2.09 bits per heavy atom. The number of hydrogen-bond donors (Lipinski definition) is 1. The molecule has 0 aromatic rings. The number of aliphatic hydroxyl groups is 1. The van der Waals surface area contributed by atoms with Crippen molar-refractivity contribution in [1.82, 2.24) is 0 Å². The van der Waals surface area contributed by atoms with E-state index in [1.807, 2.05) is 13.8 Å². The Balaban J connectivity index is 3.47. The van der Waals surface area contributed by atoms with Gasteiger partial charge in [0, 0.05) is 0 Å². The molecular weight excluding hydrogens is 144 g/mol. The van der Waals surface area contributed by atoms with Gasteiger partial charge in [-0.3, -0.25) is 0 Å². The molecule has 0 fully saturated rings. The number of aliphatic hydroxyl groups excluding tert-OH is 1. The maximum Gasteiger partial charge on any atom is 0.334 e. The monoisotopic (exact) mass is 160 g/mol. The highest BCUT2D eigenvalue weighted by molar-refractivity contribution is 5.74. The minimum absolute atomic E-state index is 0.402. The molecule has 0 saturated carbocycles. The van der Waals surface area contributed by atoms with Crippen molar-refractivity contribution in [1.29, 1.82) is 0 Å². The second kappa shape index (κ2) is 6.16. The number of rotatable bonds is 5. The quantitative estimate of drug-likeness (QED) is 0.612. The summed E-state index contributed by atoms with van der Waals surface area (Å²) in [6.07, 6.45) is 1.15. The topological polar surface area (TPSA) is 46.5 Å². The van der Waals surface area contributed by atoms with Crippen molar-refractivity contribution >= 4 is 5.97 Å². The van der Waals surface area contributed by atoms with Crippen LogP contribution < -0.4 is 0 Å². The van der Waals surface area contributed by atoms with E-state index < -0.39 is 12.1 Å². The van der Waals surface area contributed by atoms with E-state index in [-0.39, 0.29) is 0 Å². The molecule has 0 amide bonds. The van der Waals surface area contributed by atoms with E-state index in [0.29, 0.717) is 13.0 Å². The number of esters is 1. The van der Waals surface area contributed by atoms with Crippen molar-refractivity contribution in [3.05, 3.63) is 0 Å². The summed E-state index contributed by atoms with van der Waals surface area (Å²) in [6, 6.07) is 0. The predicted octanol–water partition coefficient (Wildman–Crippen LogP) is 1.10. The molecule has 3 nitrogen and oxygen atoms in total. The van der Waals surface area contributed by atoms with Crippen LogP contribution in [0.4, 0.5) is 0 Å². The van der Waals surface area contributed by atoms with Gasteiger partial charge < -0.3 is 9.84 Å². The van der Waals surface area contributed by atoms with E-state index >= 15 is 0 Å². The first-order valence-electron chi connectivity index (χ1n) is 4.07. The predicted molar refractivity (Wildman–Crippen MR) is 42.2 cm³/mol. The van der Waals surface area contributed by atoms with Crippen molar-refractivity contribution < 1.29 is 14.6 Å². The summed E-state index contributed by atoms with van der Waals surface area (Å²) in [4.78, 5) is 10.8. The van der Waals surface area contributed by atoms with E-state index in [4.69, 9.17) is 9.84 Å². The largest absolute Gasteiger partial charge is 0.464 e. The van der Waals surface area contributed by atoms with Crippen LogP contribution in [-0.4, -0.2) is 23.8 Å². The van der Waals surface area contributed by atoms with Crippen molar-refractivity contribution in [2.45, 2.75) is 39.2 Å². The van der Waals surface area contributed by atoms with Gasteiger partial charge in [0.05, 0.1) is 6.61 Å². The van der Waals surface area contributed by atoms with Gasteiger partial charge in [-0.05, 0) is 12.8 Å². The Kier molecular flexibility index (Phi) is 5.84. The lowest BCUT2D eigenvalue weighted by Gasteiger charge is -2.07. The fourth-order valence-electron chi connectivity index (χ4n) is 0.690. The average Bonchev–Trinajstić information content (AvgIpc) is 2.00. The highest BCUT2D eigenvalue weighted by Crippen LogP contribution is 1.98. The number of ether oxygens (including phenoxy) is 1. The number of carbonyl (C=O) groups is 1. The molecule has 3 heteroatoms. The van der Waals surface area contributed by atoms with Crippen LogP contribution in [0.25, 0.3) is 0 Å². The van der Waals surface area contributed by atoms with Crippen LogP contribution in [0.2, 0.25) is 0 Å². The van der Waals surface area contributed by atoms with Crippen LogP contribution in [0.15, 0.2) is 0 Å². The van der Waals surface area contributed by atoms with Gasteiger partial charge in [-0.1, -0.05) is 20.3 Å². The normalized spacial score (nSPS) is 12.6. The van der Waals surface area contributed by atoms with Gasteiger partial charge in [-0.15, -0.1) is 0 Å². The summed E-state index contributed by atoms with van der Waals surface area (Å²) in [6.45, 7) is 4.23. The molecule has 0 aromatic carbocycles. The molecule has 0 aliphatic carbocycles. The molecule has 1 N–H and O–H groups in total. The van der Waals surface area contributed by atoms with Gasteiger partial charge in [0.2, 0.25) is 0 Å². The molecule has 66 valence electrons. The fraction of sp³-hybridized carbons (Fsp3) is 0.875. The Morgan fingerprint density at radius 3 is 2.55 bits per heavy atom. The minimum atomic E-state index is -0.924.